The lowest BCUT2D eigenvalue weighted by molar-refractivity contribution is 0.0506. The van der Waals surface area contributed by atoms with Crippen LogP contribution in [0.5, 0.6) is 5.95 Å². The van der Waals surface area contributed by atoms with Gasteiger partial charge in [0.2, 0.25) is 0 Å². The number of benzene rings is 1. The molecule has 1 amide bonds. The van der Waals surface area contributed by atoms with Gasteiger partial charge in [-0.2, -0.15) is 0 Å². The SMILES string of the molecule is COc1ccc([C@H](NC(=O)OC(C)(C)C)c2cccc(Br)c2)o1. The van der Waals surface area contributed by atoms with Crippen LogP contribution >= 0.6 is 15.9 Å². The van der Waals surface area contributed by atoms with Gasteiger partial charge in [-0.3, -0.25) is 0 Å². The first-order valence-electron chi connectivity index (χ1n) is 7.17. The van der Waals surface area contributed by atoms with Gasteiger partial charge in [-0.15, -0.1) is 0 Å². The van der Waals surface area contributed by atoms with Crippen molar-refractivity contribution in [3.8, 4) is 5.95 Å². The molecule has 23 heavy (non-hydrogen) atoms. The lowest BCUT2D eigenvalue weighted by Crippen LogP contribution is -2.35. The van der Waals surface area contributed by atoms with Crippen LogP contribution in [0, 0.1) is 0 Å². The van der Waals surface area contributed by atoms with Gasteiger partial charge in [0.15, 0.2) is 0 Å². The highest BCUT2D eigenvalue weighted by molar-refractivity contribution is 9.10. The van der Waals surface area contributed by atoms with Gasteiger partial charge in [-0.1, -0.05) is 28.1 Å². The maximum absolute atomic E-state index is 12.2. The van der Waals surface area contributed by atoms with Crippen LogP contribution in [0.1, 0.15) is 38.1 Å². The van der Waals surface area contributed by atoms with E-state index in [0.717, 1.165) is 10.0 Å². The molecule has 1 heterocycles. The van der Waals surface area contributed by atoms with Crippen LogP contribution < -0.4 is 10.1 Å². The van der Waals surface area contributed by atoms with Gasteiger partial charge < -0.3 is 19.2 Å². The second-order valence-corrected chi connectivity index (χ2v) is 6.91. The summed E-state index contributed by atoms with van der Waals surface area (Å²) in [5.41, 5.74) is 0.287. The normalized spacial score (nSPS) is 12.6. The molecule has 1 aromatic heterocycles. The zero-order valence-corrected chi connectivity index (χ0v) is 15.1. The van der Waals surface area contributed by atoms with Crippen molar-refractivity contribution in [2.75, 3.05) is 7.11 Å². The van der Waals surface area contributed by atoms with Crippen molar-refractivity contribution < 1.29 is 18.7 Å². The molecule has 0 saturated heterocycles. The minimum Gasteiger partial charge on any atom is -0.468 e. The highest BCUT2D eigenvalue weighted by atomic mass is 79.9. The van der Waals surface area contributed by atoms with Crippen LogP contribution in [0.25, 0.3) is 0 Å². The van der Waals surface area contributed by atoms with Crippen molar-refractivity contribution in [3.05, 3.63) is 52.2 Å². The lowest BCUT2D eigenvalue weighted by atomic mass is 10.1. The van der Waals surface area contributed by atoms with Gasteiger partial charge in [-0.05, 0) is 44.5 Å². The second kappa shape index (κ2) is 7.08. The number of rotatable bonds is 4. The summed E-state index contributed by atoms with van der Waals surface area (Å²) in [4.78, 5) is 12.2. The Morgan fingerprint density at radius 3 is 2.57 bits per heavy atom. The Bertz CT molecular complexity index is 675. The Balaban J connectivity index is 2.30. The van der Waals surface area contributed by atoms with Gasteiger partial charge in [0.05, 0.1) is 7.11 Å². The zero-order chi connectivity index (χ0) is 17.0. The molecule has 0 aliphatic heterocycles. The average molecular weight is 382 g/mol. The van der Waals surface area contributed by atoms with E-state index in [0.29, 0.717) is 11.7 Å². The van der Waals surface area contributed by atoms with E-state index >= 15 is 0 Å². The number of ether oxygens (including phenoxy) is 2. The maximum Gasteiger partial charge on any atom is 0.408 e. The molecule has 0 aliphatic rings. The van der Waals surface area contributed by atoms with E-state index in [1.54, 1.807) is 12.1 Å². The van der Waals surface area contributed by atoms with E-state index in [9.17, 15) is 4.79 Å². The highest BCUT2D eigenvalue weighted by Crippen LogP contribution is 2.28. The van der Waals surface area contributed by atoms with Crippen LogP contribution in [0.4, 0.5) is 4.79 Å². The average Bonchev–Trinajstić information content (AvgIpc) is 2.91. The Labute approximate surface area is 144 Å². The maximum atomic E-state index is 12.2. The minimum absolute atomic E-state index is 0.381. The van der Waals surface area contributed by atoms with Crippen molar-refractivity contribution >= 4 is 22.0 Å². The second-order valence-electron chi connectivity index (χ2n) is 6.00. The molecular formula is C17H20BrNO4. The highest BCUT2D eigenvalue weighted by Gasteiger charge is 2.24. The number of alkyl carbamates (subject to hydrolysis) is 1. The fourth-order valence-electron chi connectivity index (χ4n) is 2.03. The topological polar surface area (TPSA) is 60.7 Å². The van der Waals surface area contributed by atoms with Gasteiger partial charge in [-0.25, -0.2) is 4.79 Å². The number of carbonyl (C=O) groups is 1. The van der Waals surface area contributed by atoms with Crippen molar-refractivity contribution in [1.29, 1.82) is 0 Å². The van der Waals surface area contributed by atoms with Gasteiger partial charge in [0, 0.05) is 10.5 Å². The molecule has 5 nitrogen and oxygen atoms in total. The first kappa shape index (κ1) is 17.4. The summed E-state index contributed by atoms with van der Waals surface area (Å²) in [5.74, 6) is 0.941. The Morgan fingerprint density at radius 1 is 1.26 bits per heavy atom. The van der Waals surface area contributed by atoms with Crippen LogP contribution in [0.3, 0.4) is 0 Å². The number of furan rings is 1. The number of hydrogen-bond donors (Lipinski definition) is 1. The van der Waals surface area contributed by atoms with Crippen molar-refractivity contribution in [3.63, 3.8) is 0 Å². The number of halogens is 1. The molecule has 124 valence electrons. The summed E-state index contributed by atoms with van der Waals surface area (Å²) in [6, 6.07) is 10.6. The van der Waals surface area contributed by atoms with E-state index in [4.69, 9.17) is 13.9 Å². The molecule has 2 aromatic rings. The largest absolute Gasteiger partial charge is 0.468 e. The summed E-state index contributed by atoms with van der Waals surface area (Å²) < 4.78 is 16.9. The number of hydrogen-bond acceptors (Lipinski definition) is 4. The third-order valence-electron chi connectivity index (χ3n) is 2.93. The smallest absolute Gasteiger partial charge is 0.408 e. The first-order valence-corrected chi connectivity index (χ1v) is 7.96. The van der Waals surface area contributed by atoms with Gasteiger partial charge in [0.25, 0.3) is 5.95 Å². The molecule has 1 aromatic carbocycles. The number of carbonyl (C=O) groups excluding carboxylic acids is 1. The molecule has 1 atom stereocenters. The molecule has 0 aliphatic carbocycles. The summed E-state index contributed by atoms with van der Waals surface area (Å²) in [6.45, 7) is 5.45. The third kappa shape index (κ3) is 5.03. The number of amides is 1. The Hall–Kier alpha value is -1.95. The summed E-state index contributed by atoms with van der Waals surface area (Å²) in [7, 11) is 1.53. The van der Waals surface area contributed by atoms with E-state index in [2.05, 4.69) is 21.2 Å². The Kier molecular flexibility index (Phi) is 5.36. The molecule has 0 fully saturated rings. The molecule has 2 rings (SSSR count). The van der Waals surface area contributed by atoms with Crippen molar-refractivity contribution in [2.45, 2.75) is 32.4 Å². The van der Waals surface area contributed by atoms with Crippen molar-refractivity contribution in [2.24, 2.45) is 0 Å². The predicted octanol–water partition coefficient (Wildman–Crippen LogP) is 4.66. The first-order chi connectivity index (χ1) is 10.8. The van der Waals surface area contributed by atoms with Crippen LogP contribution in [-0.4, -0.2) is 18.8 Å². The standard InChI is InChI=1S/C17H20BrNO4/c1-17(2,3)23-16(20)19-15(11-6-5-7-12(18)10-11)13-8-9-14(21-4)22-13/h5-10,15H,1-4H3,(H,19,20)/t15-/m1/s1. The predicted molar refractivity (Wildman–Crippen MR) is 90.6 cm³/mol. The fourth-order valence-corrected chi connectivity index (χ4v) is 2.45. The molecule has 0 unspecified atom stereocenters. The number of nitrogens with one attached hydrogen (secondary N) is 1. The van der Waals surface area contributed by atoms with E-state index in [-0.39, 0.29) is 0 Å². The fraction of sp³-hybridized carbons (Fsp3) is 0.353. The molecular weight excluding hydrogens is 362 g/mol. The monoisotopic (exact) mass is 381 g/mol. The Morgan fingerprint density at radius 2 is 2.00 bits per heavy atom. The van der Waals surface area contributed by atoms with Crippen LogP contribution in [0.15, 0.2) is 45.3 Å². The van der Waals surface area contributed by atoms with Crippen molar-refractivity contribution in [1.82, 2.24) is 5.32 Å². The van der Waals surface area contributed by atoms with Gasteiger partial charge in [0.1, 0.15) is 17.4 Å². The number of methoxy groups -OCH3 is 1. The minimum atomic E-state index is -0.577. The quantitative estimate of drug-likeness (QED) is 0.835. The van der Waals surface area contributed by atoms with Gasteiger partial charge >= 0.3 is 6.09 Å². The van der Waals surface area contributed by atoms with E-state index in [1.807, 2.05) is 45.0 Å². The summed E-state index contributed by atoms with van der Waals surface area (Å²) in [6.07, 6.45) is -0.516. The molecule has 6 heteroatoms. The third-order valence-corrected chi connectivity index (χ3v) is 3.42. The van der Waals surface area contributed by atoms with Crippen LogP contribution in [0.2, 0.25) is 0 Å². The molecule has 0 spiro atoms. The molecule has 0 saturated carbocycles. The summed E-state index contributed by atoms with van der Waals surface area (Å²) in [5, 5.41) is 2.84. The molecule has 1 N–H and O–H groups in total. The lowest BCUT2D eigenvalue weighted by Gasteiger charge is -2.23. The van der Waals surface area contributed by atoms with Crippen LogP contribution in [-0.2, 0) is 4.74 Å². The summed E-state index contributed by atoms with van der Waals surface area (Å²) >= 11 is 3.44. The molecule has 0 radical (unpaired) electrons. The zero-order valence-electron chi connectivity index (χ0n) is 13.6. The molecule has 0 bridgehead atoms. The van der Waals surface area contributed by atoms with E-state index < -0.39 is 17.7 Å². The van der Waals surface area contributed by atoms with E-state index in [1.165, 1.54) is 7.11 Å².